The Kier molecular flexibility index (Phi) is 5.01. The van der Waals surface area contributed by atoms with E-state index in [4.69, 9.17) is 4.74 Å². The van der Waals surface area contributed by atoms with Gasteiger partial charge >= 0.3 is 0 Å². The molecule has 0 spiro atoms. The number of nitrogens with zero attached hydrogens (tertiary/aromatic N) is 1. The van der Waals surface area contributed by atoms with Gasteiger partial charge in [-0.3, -0.25) is 4.79 Å². The van der Waals surface area contributed by atoms with E-state index in [2.05, 4.69) is 21.2 Å². The Bertz CT molecular complexity index is 1100. The zero-order valence-electron chi connectivity index (χ0n) is 14.6. The number of thiophene rings is 1. The number of carbonyl (C=O) groups excluding carboxylic acids is 1. The smallest absolute Gasteiger partial charge is 0.272 e. The van der Waals surface area contributed by atoms with E-state index < -0.39 is 0 Å². The third-order valence-electron chi connectivity index (χ3n) is 4.32. The molecular formula is C21H17BrN2O2S. The highest BCUT2D eigenvalue weighted by Gasteiger charge is 2.19. The number of para-hydroxylation sites is 1. The molecule has 0 bridgehead atoms. The number of methoxy groups -OCH3 is 1. The molecule has 6 heteroatoms. The highest BCUT2D eigenvalue weighted by Crippen LogP contribution is 2.34. The number of hydrogen-bond acceptors (Lipinski definition) is 3. The van der Waals surface area contributed by atoms with E-state index >= 15 is 0 Å². The summed E-state index contributed by atoms with van der Waals surface area (Å²) in [5, 5.41) is 5.03. The van der Waals surface area contributed by atoms with Crippen LogP contribution in [0.3, 0.4) is 0 Å². The molecule has 27 heavy (non-hydrogen) atoms. The second-order valence-electron chi connectivity index (χ2n) is 6.08. The zero-order chi connectivity index (χ0) is 18.8. The van der Waals surface area contributed by atoms with E-state index in [1.165, 1.54) is 0 Å². The van der Waals surface area contributed by atoms with Crippen LogP contribution in [-0.2, 0) is 6.54 Å². The number of benzene rings is 2. The molecule has 2 heterocycles. The van der Waals surface area contributed by atoms with E-state index in [-0.39, 0.29) is 5.91 Å². The van der Waals surface area contributed by atoms with Gasteiger partial charge < -0.3 is 14.6 Å². The number of aromatic nitrogens is 1. The van der Waals surface area contributed by atoms with Crippen molar-refractivity contribution in [2.24, 2.45) is 0 Å². The Hall–Kier alpha value is -2.57. The number of nitrogens with one attached hydrogen (secondary N) is 1. The normalized spacial score (nSPS) is 10.9. The second kappa shape index (κ2) is 7.58. The van der Waals surface area contributed by atoms with Crippen molar-refractivity contribution in [1.29, 1.82) is 0 Å². The summed E-state index contributed by atoms with van der Waals surface area (Å²) < 4.78 is 9.44. The van der Waals surface area contributed by atoms with Crippen LogP contribution in [0, 0.1) is 0 Å². The third kappa shape index (κ3) is 3.63. The molecule has 0 fully saturated rings. The van der Waals surface area contributed by atoms with Crippen LogP contribution >= 0.6 is 27.3 Å². The lowest BCUT2D eigenvalue weighted by atomic mass is 10.2. The number of ether oxygens (including phenoxy) is 1. The first-order valence-electron chi connectivity index (χ1n) is 8.41. The monoisotopic (exact) mass is 440 g/mol. The fraction of sp³-hybridized carbons (Fsp3) is 0.0952. The molecule has 136 valence electrons. The van der Waals surface area contributed by atoms with Gasteiger partial charge in [-0.2, -0.15) is 0 Å². The van der Waals surface area contributed by atoms with Gasteiger partial charge in [-0.25, -0.2) is 0 Å². The number of halogens is 1. The van der Waals surface area contributed by atoms with Crippen LogP contribution in [0.4, 0.5) is 5.69 Å². The van der Waals surface area contributed by atoms with Gasteiger partial charge in [0.2, 0.25) is 0 Å². The van der Waals surface area contributed by atoms with Gasteiger partial charge in [0.15, 0.2) is 0 Å². The Morgan fingerprint density at radius 2 is 1.96 bits per heavy atom. The van der Waals surface area contributed by atoms with Crippen LogP contribution in [0.5, 0.6) is 5.75 Å². The van der Waals surface area contributed by atoms with Crippen molar-refractivity contribution in [1.82, 2.24) is 4.57 Å². The van der Waals surface area contributed by atoms with Gasteiger partial charge in [-0.05, 0) is 51.8 Å². The predicted molar refractivity (Wildman–Crippen MR) is 114 cm³/mol. The molecule has 0 saturated heterocycles. The average molecular weight is 441 g/mol. The number of fused-ring (bicyclic) bond motifs is 1. The van der Waals surface area contributed by atoms with Crippen molar-refractivity contribution in [2.75, 3.05) is 12.4 Å². The summed E-state index contributed by atoms with van der Waals surface area (Å²) in [7, 11) is 1.65. The topological polar surface area (TPSA) is 43.3 Å². The van der Waals surface area contributed by atoms with Crippen molar-refractivity contribution in [2.45, 2.75) is 6.54 Å². The van der Waals surface area contributed by atoms with E-state index in [0.29, 0.717) is 12.2 Å². The third-order valence-corrected chi connectivity index (χ3v) is 6.14. The quantitative estimate of drug-likeness (QED) is 0.427. The van der Waals surface area contributed by atoms with E-state index in [1.807, 2.05) is 70.6 Å². The van der Waals surface area contributed by atoms with Gasteiger partial charge in [-0.15, -0.1) is 11.3 Å². The molecule has 4 rings (SSSR count). The second-order valence-corrected chi connectivity index (χ2v) is 7.85. The standard InChI is InChI=1S/C21H17BrN2O2S/c1-26-16-9-5-6-14(10-16)12-24-18(11-19-20(24)17(22)13-27-19)21(25)23-15-7-3-2-4-8-15/h2-11,13H,12H2,1H3,(H,23,25). The summed E-state index contributed by atoms with van der Waals surface area (Å²) >= 11 is 5.24. The lowest BCUT2D eigenvalue weighted by molar-refractivity contribution is 0.101. The Morgan fingerprint density at radius 1 is 1.15 bits per heavy atom. The van der Waals surface area contributed by atoms with Gasteiger partial charge in [0.25, 0.3) is 5.91 Å². The summed E-state index contributed by atoms with van der Waals surface area (Å²) in [5.74, 6) is 0.676. The first-order valence-corrected chi connectivity index (χ1v) is 10.1. The highest BCUT2D eigenvalue weighted by molar-refractivity contribution is 9.10. The molecule has 2 aromatic heterocycles. The average Bonchev–Trinajstić information content (AvgIpc) is 3.23. The summed E-state index contributed by atoms with van der Waals surface area (Å²) in [6.07, 6.45) is 0. The Balaban J connectivity index is 1.74. The summed E-state index contributed by atoms with van der Waals surface area (Å²) in [6, 6.07) is 19.3. The molecule has 1 N–H and O–H groups in total. The molecule has 4 aromatic rings. The van der Waals surface area contributed by atoms with Crippen molar-refractivity contribution in [3.8, 4) is 5.75 Å². The molecule has 2 aromatic carbocycles. The maximum absolute atomic E-state index is 13.0. The van der Waals surface area contributed by atoms with Crippen molar-refractivity contribution >= 4 is 49.1 Å². The molecular weight excluding hydrogens is 424 g/mol. The first-order chi connectivity index (χ1) is 13.2. The van der Waals surface area contributed by atoms with Crippen LogP contribution in [0.25, 0.3) is 10.2 Å². The molecule has 0 aliphatic carbocycles. The minimum Gasteiger partial charge on any atom is -0.497 e. The van der Waals surface area contributed by atoms with Crippen LogP contribution < -0.4 is 10.1 Å². The van der Waals surface area contributed by atoms with Crippen LogP contribution in [0.1, 0.15) is 16.1 Å². The maximum atomic E-state index is 13.0. The molecule has 1 amide bonds. The largest absolute Gasteiger partial charge is 0.497 e. The number of carbonyl (C=O) groups is 1. The minimum atomic E-state index is -0.126. The molecule has 0 aliphatic heterocycles. The molecule has 0 unspecified atom stereocenters. The molecule has 0 saturated carbocycles. The SMILES string of the molecule is COc1cccc(Cn2c(C(=O)Nc3ccccc3)cc3scc(Br)c32)c1. The highest BCUT2D eigenvalue weighted by atomic mass is 79.9. The summed E-state index contributed by atoms with van der Waals surface area (Å²) in [4.78, 5) is 13.0. The lowest BCUT2D eigenvalue weighted by Gasteiger charge is -2.12. The van der Waals surface area contributed by atoms with Crippen LogP contribution in [0.2, 0.25) is 0 Å². The van der Waals surface area contributed by atoms with Crippen LogP contribution in [-0.4, -0.2) is 17.6 Å². The van der Waals surface area contributed by atoms with Gasteiger partial charge in [0.1, 0.15) is 11.4 Å². The van der Waals surface area contributed by atoms with E-state index in [9.17, 15) is 4.79 Å². The molecule has 4 nitrogen and oxygen atoms in total. The minimum absolute atomic E-state index is 0.126. The first kappa shape index (κ1) is 17.8. The van der Waals surface area contributed by atoms with Gasteiger partial charge in [0, 0.05) is 17.6 Å². The fourth-order valence-electron chi connectivity index (χ4n) is 3.05. The molecule has 0 aliphatic rings. The number of hydrogen-bond donors (Lipinski definition) is 1. The van der Waals surface area contributed by atoms with Gasteiger partial charge in [-0.1, -0.05) is 30.3 Å². The lowest BCUT2D eigenvalue weighted by Crippen LogP contribution is -2.17. The Morgan fingerprint density at radius 3 is 2.74 bits per heavy atom. The van der Waals surface area contributed by atoms with E-state index in [0.717, 1.165) is 31.7 Å². The van der Waals surface area contributed by atoms with Crippen molar-refractivity contribution < 1.29 is 9.53 Å². The van der Waals surface area contributed by atoms with Gasteiger partial charge in [0.05, 0.1) is 21.8 Å². The number of rotatable bonds is 5. The van der Waals surface area contributed by atoms with Crippen molar-refractivity contribution in [3.63, 3.8) is 0 Å². The summed E-state index contributed by atoms with van der Waals surface area (Å²) in [5.41, 5.74) is 3.50. The summed E-state index contributed by atoms with van der Waals surface area (Å²) in [6.45, 7) is 0.577. The fourth-order valence-corrected chi connectivity index (χ4v) is 4.75. The molecule has 0 atom stereocenters. The predicted octanol–water partition coefficient (Wildman–Crippen LogP) is 5.77. The zero-order valence-corrected chi connectivity index (χ0v) is 17.0. The Labute approximate surface area is 169 Å². The number of anilines is 1. The van der Waals surface area contributed by atoms with Crippen LogP contribution in [0.15, 0.2) is 70.5 Å². The van der Waals surface area contributed by atoms with E-state index in [1.54, 1.807) is 18.4 Å². The van der Waals surface area contributed by atoms with Crippen molar-refractivity contribution in [3.05, 3.63) is 81.8 Å². The molecule has 0 radical (unpaired) electrons. The number of amides is 1. The maximum Gasteiger partial charge on any atom is 0.272 e.